The van der Waals surface area contributed by atoms with Gasteiger partial charge in [0.25, 0.3) is 5.56 Å². The fraction of sp³-hybridized carbons (Fsp3) is 0.500. The zero-order chi connectivity index (χ0) is 19.1. The Balaban J connectivity index is 1.80. The van der Waals surface area contributed by atoms with Crippen molar-refractivity contribution in [2.24, 2.45) is 5.92 Å². The number of pyridine rings is 2. The average Bonchev–Trinajstić information content (AvgIpc) is 2.56. The number of aromatic nitrogens is 2. The maximum absolute atomic E-state index is 12.7. The molecule has 1 fully saturated rings. The van der Waals surface area contributed by atoms with Crippen molar-refractivity contribution in [2.75, 3.05) is 19.3 Å². The Morgan fingerprint density at radius 2 is 1.85 bits per heavy atom. The Hall–Kier alpha value is -1.94. The second kappa shape index (κ2) is 6.66. The van der Waals surface area contributed by atoms with E-state index in [4.69, 9.17) is 0 Å². The fourth-order valence-corrected chi connectivity index (χ4v) is 4.04. The molecule has 1 saturated heterocycles. The molecule has 1 aliphatic rings. The summed E-state index contributed by atoms with van der Waals surface area (Å²) in [4.78, 5) is 16.0. The van der Waals surface area contributed by atoms with Crippen molar-refractivity contribution < 1.29 is 21.6 Å². The zero-order valence-corrected chi connectivity index (χ0v) is 14.8. The van der Waals surface area contributed by atoms with Crippen LogP contribution in [0.25, 0.3) is 10.9 Å². The van der Waals surface area contributed by atoms with Gasteiger partial charge in [-0.2, -0.15) is 13.2 Å². The molecule has 0 N–H and O–H groups in total. The number of sulfonamides is 1. The van der Waals surface area contributed by atoms with E-state index in [1.165, 1.54) is 27.4 Å². The summed E-state index contributed by atoms with van der Waals surface area (Å²) in [6.07, 6.45) is -0.688. The molecule has 1 aliphatic heterocycles. The van der Waals surface area contributed by atoms with Gasteiger partial charge in [-0.05, 0) is 37.0 Å². The third-order valence-electron chi connectivity index (χ3n) is 4.62. The van der Waals surface area contributed by atoms with Gasteiger partial charge in [0.1, 0.15) is 5.69 Å². The number of rotatable bonds is 3. The van der Waals surface area contributed by atoms with Gasteiger partial charge < -0.3 is 4.57 Å². The molecule has 2 aromatic heterocycles. The van der Waals surface area contributed by atoms with Crippen LogP contribution in [0.15, 0.2) is 29.2 Å². The van der Waals surface area contributed by atoms with E-state index in [0.717, 1.165) is 12.1 Å². The molecule has 0 amide bonds. The quantitative estimate of drug-likeness (QED) is 0.806. The number of hydrogen-bond donors (Lipinski definition) is 0. The third-order valence-corrected chi connectivity index (χ3v) is 5.92. The van der Waals surface area contributed by atoms with E-state index in [1.807, 2.05) is 0 Å². The molecule has 0 unspecified atom stereocenters. The molecule has 0 saturated carbocycles. The van der Waals surface area contributed by atoms with Gasteiger partial charge in [-0.15, -0.1) is 0 Å². The molecule has 3 rings (SSSR count). The second-order valence-electron chi connectivity index (χ2n) is 6.51. The van der Waals surface area contributed by atoms with Crippen LogP contribution >= 0.6 is 0 Å². The lowest BCUT2D eigenvalue weighted by atomic mass is 9.98. The first-order chi connectivity index (χ1) is 12.1. The summed E-state index contributed by atoms with van der Waals surface area (Å²) in [5, 5.41) is 0.133. The van der Waals surface area contributed by atoms with Crippen molar-refractivity contribution in [3.05, 3.63) is 40.4 Å². The van der Waals surface area contributed by atoms with Crippen LogP contribution in [0.2, 0.25) is 0 Å². The first-order valence-corrected chi connectivity index (χ1v) is 9.93. The van der Waals surface area contributed by atoms with Crippen LogP contribution in [0.5, 0.6) is 0 Å². The van der Waals surface area contributed by atoms with E-state index < -0.39 is 27.5 Å². The molecule has 26 heavy (non-hydrogen) atoms. The van der Waals surface area contributed by atoms with Gasteiger partial charge in [-0.3, -0.25) is 4.79 Å². The topological polar surface area (TPSA) is 72.3 Å². The SMILES string of the molecule is CS(=O)(=O)N1CCC(Cn2ccc3nc(C(F)(F)F)ccc3c2=O)CC1. The minimum atomic E-state index is -4.56. The Morgan fingerprint density at radius 3 is 2.42 bits per heavy atom. The van der Waals surface area contributed by atoms with Crippen LogP contribution in [-0.4, -0.2) is 41.6 Å². The van der Waals surface area contributed by atoms with E-state index in [2.05, 4.69) is 4.98 Å². The van der Waals surface area contributed by atoms with Crippen LogP contribution in [0.4, 0.5) is 13.2 Å². The maximum Gasteiger partial charge on any atom is 0.433 e. The minimum absolute atomic E-state index is 0.00738. The normalized spacial score (nSPS) is 17.7. The smallest absolute Gasteiger partial charge is 0.315 e. The van der Waals surface area contributed by atoms with Gasteiger partial charge in [-0.25, -0.2) is 17.7 Å². The largest absolute Gasteiger partial charge is 0.433 e. The minimum Gasteiger partial charge on any atom is -0.315 e. The predicted molar refractivity (Wildman–Crippen MR) is 90.1 cm³/mol. The van der Waals surface area contributed by atoms with Gasteiger partial charge in [0.2, 0.25) is 10.0 Å². The molecule has 6 nitrogen and oxygen atoms in total. The number of alkyl halides is 3. The standard InChI is InChI=1S/C16H18F3N3O3S/c1-26(24,25)22-8-4-11(5-9-22)10-21-7-6-13-12(15(21)23)2-3-14(20-13)16(17,18)19/h2-3,6-7,11H,4-5,8-10H2,1H3. The summed E-state index contributed by atoms with van der Waals surface area (Å²) >= 11 is 0. The molecule has 10 heteroatoms. The molecule has 0 aromatic carbocycles. The second-order valence-corrected chi connectivity index (χ2v) is 8.49. The zero-order valence-electron chi connectivity index (χ0n) is 14.0. The monoisotopic (exact) mass is 389 g/mol. The molecule has 142 valence electrons. The maximum atomic E-state index is 12.7. The number of nitrogens with zero attached hydrogens (tertiary/aromatic N) is 3. The highest BCUT2D eigenvalue weighted by molar-refractivity contribution is 7.88. The van der Waals surface area contributed by atoms with E-state index in [0.29, 0.717) is 32.5 Å². The Bertz CT molecular complexity index is 978. The lowest BCUT2D eigenvalue weighted by molar-refractivity contribution is -0.140. The molecule has 2 aromatic rings. The highest BCUT2D eigenvalue weighted by Crippen LogP contribution is 2.28. The number of halogens is 3. The third kappa shape index (κ3) is 3.90. The summed E-state index contributed by atoms with van der Waals surface area (Å²) in [5.41, 5.74) is -1.42. The van der Waals surface area contributed by atoms with Crippen LogP contribution in [0.3, 0.4) is 0 Å². The van der Waals surface area contributed by atoms with Gasteiger partial charge in [0.05, 0.1) is 17.2 Å². The van der Waals surface area contributed by atoms with Crippen LogP contribution in [0.1, 0.15) is 18.5 Å². The van der Waals surface area contributed by atoms with E-state index >= 15 is 0 Å². The molecule has 3 heterocycles. The van der Waals surface area contributed by atoms with Crippen molar-refractivity contribution in [1.82, 2.24) is 13.9 Å². The van der Waals surface area contributed by atoms with Crippen LogP contribution in [0, 0.1) is 5.92 Å². The number of fused-ring (bicyclic) bond motifs is 1. The van der Waals surface area contributed by atoms with E-state index in [1.54, 1.807) is 0 Å². The first kappa shape index (κ1) is 18.8. The molecule has 0 atom stereocenters. The van der Waals surface area contributed by atoms with Gasteiger partial charge in [0.15, 0.2) is 0 Å². The Labute approximate surface area is 148 Å². The van der Waals surface area contributed by atoms with Crippen molar-refractivity contribution in [3.63, 3.8) is 0 Å². The van der Waals surface area contributed by atoms with Gasteiger partial charge in [0, 0.05) is 25.8 Å². The Morgan fingerprint density at radius 1 is 1.19 bits per heavy atom. The fourth-order valence-electron chi connectivity index (χ4n) is 3.17. The molecule has 0 bridgehead atoms. The molecule has 0 radical (unpaired) electrons. The highest BCUT2D eigenvalue weighted by atomic mass is 32.2. The van der Waals surface area contributed by atoms with Gasteiger partial charge in [-0.1, -0.05) is 0 Å². The number of hydrogen-bond acceptors (Lipinski definition) is 4. The summed E-state index contributed by atoms with van der Waals surface area (Å²) in [6.45, 7) is 1.21. The van der Waals surface area contributed by atoms with Crippen LogP contribution in [-0.2, 0) is 22.7 Å². The van der Waals surface area contributed by atoms with Crippen molar-refractivity contribution in [3.8, 4) is 0 Å². The average molecular weight is 389 g/mol. The summed E-state index contributed by atoms with van der Waals surface area (Å²) < 4.78 is 64.1. The summed E-state index contributed by atoms with van der Waals surface area (Å²) in [7, 11) is -3.21. The van der Waals surface area contributed by atoms with Crippen molar-refractivity contribution in [1.29, 1.82) is 0 Å². The highest BCUT2D eigenvalue weighted by Gasteiger charge is 2.32. The van der Waals surface area contributed by atoms with Crippen molar-refractivity contribution in [2.45, 2.75) is 25.6 Å². The molecular weight excluding hydrogens is 371 g/mol. The summed E-state index contributed by atoms with van der Waals surface area (Å²) in [6, 6.07) is 3.35. The van der Waals surface area contributed by atoms with E-state index in [-0.39, 0.29) is 16.8 Å². The first-order valence-electron chi connectivity index (χ1n) is 8.08. The van der Waals surface area contributed by atoms with Crippen LogP contribution < -0.4 is 5.56 Å². The Kier molecular flexibility index (Phi) is 4.82. The number of piperidine rings is 1. The summed E-state index contributed by atoms with van der Waals surface area (Å²) in [5.74, 6) is 0.130. The molecular formula is C16H18F3N3O3S. The predicted octanol–water partition coefficient (Wildman–Crippen LogP) is 2.09. The van der Waals surface area contributed by atoms with Crippen molar-refractivity contribution >= 4 is 20.9 Å². The lowest BCUT2D eigenvalue weighted by Gasteiger charge is -2.30. The molecule has 0 aliphatic carbocycles. The van der Waals surface area contributed by atoms with E-state index in [9.17, 15) is 26.4 Å². The lowest BCUT2D eigenvalue weighted by Crippen LogP contribution is -2.39. The van der Waals surface area contributed by atoms with Gasteiger partial charge >= 0.3 is 6.18 Å². The molecule has 0 spiro atoms.